The molecule has 0 radical (unpaired) electrons. The molecule has 0 aliphatic rings. The Kier molecular flexibility index (Phi) is 6.14. The van der Waals surface area contributed by atoms with Crippen LogP contribution in [-0.4, -0.2) is 23.6 Å². The number of ether oxygens (including phenoxy) is 1. The van der Waals surface area contributed by atoms with Crippen LogP contribution in [-0.2, 0) is 6.42 Å². The largest absolute Gasteiger partial charge is 0.497 e. The summed E-state index contributed by atoms with van der Waals surface area (Å²) >= 11 is 3.61. The number of hydrogen-bond acceptors (Lipinski definition) is 4. The summed E-state index contributed by atoms with van der Waals surface area (Å²) < 4.78 is 6.40. The van der Waals surface area contributed by atoms with E-state index >= 15 is 0 Å². The molecule has 1 N–H and O–H groups in total. The number of methoxy groups -OCH3 is 1. The number of nitrogens with one attached hydrogen (secondary N) is 1. The number of nitrogens with zero attached hydrogens (tertiary/aromatic N) is 2. The molecule has 1 aromatic carbocycles. The first-order valence-electron chi connectivity index (χ1n) is 7.06. The molecule has 21 heavy (non-hydrogen) atoms. The van der Waals surface area contributed by atoms with Crippen molar-refractivity contribution < 1.29 is 4.74 Å². The van der Waals surface area contributed by atoms with Gasteiger partial charge in [0.2, 0.25) is 0 Å². The van der Waals surface area contributed by atoms with Gasteiger partial charge in [0.15, 0.2) is 0 Å². The quantitative estimate of drug-likeness (QED) is 0.830. The Morgan fingerprint density at radius 1 is 1.33 bits per heavy atom. The zero-order chi connectivity index (χ0) is 15.1. The lowest BCUT2D eigenvalue weighted by atomic mass is 10.0. The topological polar surface area (TPSA) is 47.0 Å². The highest BCUT2D eigenvalue weighted by molar-refractivity contribution is 9.10. The second-order valence-corrected chi connectivity index (χ2v) is 5.66. The highest BCUT2D eigenvalue weighted by atomic mass is 79.9. The van der Waals surface area contributed by atoms with Crippen LogP contribution in [0.1, 0.15) is 30.6 Å². The zero-order valence-electron chi connectivity index (χ0n) is 12.3. The van der Waals surface area contributed by atoms with Crippen molar-refractivity contribution in [2.75, 3.05) is 13.7 Å². The highest BCUT2D eigenvalue weighted by Gasteiger charge is 2.15. The molecule has 2 rings (SSSR count). The minimum absolute atomic E-state index is 0.163. The van der Waals surface area contributed by atoms with Crippen molar-refractivity contribution in [2.45, 2.75) is 25.8 Å². The molecule has 5 heteroatoms. The minimum Gasteiger partial charge on any atom is -0.497 e. The Morgan fingerprint density at radius 2 is 2.19 bits per heavy atom. The second kappa shape index (κ2) is 8.10. The van der Waals surface area contributed by atoms with Gasteiger partial charge in [0, 0.05) is 10.7 Å². The molecule has 0 bridgehead atoms. The van der Waals surface area contributed by atoms with Crippen LogP contribution in [0.2, 0.25) is 0 Å². The van der Waals surface area contributed by atoms with Crippen LogP contribution >= 0.6 is 15.9 Å². The van der Waals surface area contributed by atoms with Crippen molar-refractivity contribution in [1.82, 2.24) is 15.3 Å². The Bertz CT molecular complexity index is 563. The molecule has 0 aliphatic carbocycles. The Labute approximate surface area is 134 Å². The predicted octanol–water partition coefficient (Wildman–Crippen LogP) is 3.53. The van der Waals surface area contributed by atoms with E-state index in [2.05, 4.69) is 44.2 Å². The average molecular weight is 350 g/mol. The summed E-state index contributed by atoms with van der Waals surface area (Å²) in [6, 6.07) is 8.15. The van der Waals surface area contributed by atoms with Crippen molar-refractivity contribution >= 4 is 15.9 Å². The fourth-order valence-corrected chi connectivity index (χ4v) is 2.57. The third kappa shape index (κ3) is 4.51. The predicted molar refractivity (Wildman–Crippen MR) is 87.5 cm³/mol. The SMILES string of the molecule is CCCNC(Cc1cc(OC)ccc1Br)c1ccncn1. The summed E-state index contributed by atoms with van der Waals surface area (Å²) in [5.74, 6) is 0.866. The lowest BCUT2D eigenvalue weighted by Crippen LogP contribution is -2.25. The van der Waals surface area contributed by atoms with Crippen molar-refractivity contribution in [3.05, 3.63) is 52.5 Å². The maximum Gasteiger partial charge on any atom is 0.119 e. The molecular weight excluding hydrogens is 330 g/mol. The van der Waals surface area contributed by atoms with Crippen molar-refractivity contribution in [3.63, 3.8) is 0 Å². The summed E-state index contributed by atoms with van der Waals surface area (Å²) in [6.45, 7) is 3.11. The van der Waals surface area contributed by atoms with Crippen LogP contribution < -0.4 is 10.1 Å². The summed E-state index contributed by atoms with van der Waals surface area (Å²) in [4.78, 5) is 8.37. The van der Waals surface area contributed by atoms with Crippen LogP contribution in [0.25, 0.3) is 0 Å². The third-order valence-corrected chi connectivity index (χ3v) is 4.05. The average Bonchev–Trinajstić information content (AvgIpc) is 2.54. The lowest BCUT2D eigenvalue weighted by molar-refractivity contribution is 0.413. The fraction of sp³-hybridized carbons (Fsp3) is 0.375. The normalized spacial score (nSPS) is 12.1. The molecule has 1 heterocycles. The van der Waals surface area contributed by atoms with Gasteiger partial charge in [-0.1, -0.05) is 22.9 Å². The van der Waals surface area contributed by atoms with Gasteiger partial charge in [0.25, 0.3) is 0 Å². The highest BCUT2D eigenvalue weighted by Crippen LogP contribution is 2.26. The number of hydrogen-bond donors (Lipinski definition) is 1. The molecule has 0 fully saturated rings. The van der Waals surface area contributed by atoms with Gasteiger partial charge in [-0.05, 0) is 49.2 Å². The van der Waals surface area contributed by atoms with Gasteiger partial charge in [-0.15, -0.1) is 0 Å². The zero-order valence-corrected chi connectivity index (χ0v) is 13.9. The van der Waals surface area contributed by atoms with E-state index in [0.717, 1.165) is 35.3 Å². The Morgan fingerprint density at radius 3 is 2.86 bits per heavy atom. The molecular formula is C16H20BrN3O. The smallest absolute Gasteiger partial charge is 0.119 e. The van der Waals surface area contributed by atoms with E-state index in [-0.39, 0.29) is 6.04 Å². The van der Waals surface area contributed by atoms with Crippen LogP contribution in [0, 0.1) is 0 Å². The van der Waals surface area contributed by atoms with E-state index in [0.29, 0.717) is 0 Å². The van der Waals surface area contributed by atoms with Gasteiger partial charge >= 0.3 is 0 Å². The number of halogens is 1. The maximum atomic E-state index is 5.31. The van der Waals surface area contributed by atoms with Crippen LogP contribution in [0.5, 0.6) is 5.75 Å². The van der Waals surface area contributed by atoms with Crippen LogP contribution in [0.3, 0.4) is 0 Å². The summed E-state index contributed by atoms with van der Waals surface area (Å²) in [6.07, 6.45) is 5.30. The van der Waals surface area contributed by atoms with E-state index in [1.54, 1.807) is 19.6 Å². The van der Waals surface area contributed by atoms with Gasteiger partial charge in [-0.3, -0.25) is 0 Å². The van der Waals surface area contributed by atoms with Gasteiger partial charge < -0.3 is 10.1 Å². The first-order chi connectivity index (χ1) is 10.2. The number of rotatable bonds is 7. The van der Waals surface area contributed by atoms with E-state index < -0.39 is 0 Å². The first kappa shape index (κ1) is 15.9. The van der Waals surface area contributed by atoms with Crippen LogP contribution in [0.15, 0.2) is 41.3 Å². The molecule has 0 amide bonds. The molecule has 2 aromatic rings. The molecule has 1 atom stereocenters. The van der Waals surface area contributed by atoms with Gasteiger partial charge in [0.1, 0.15) is 12.1 Å². The van der Waals surface area contributed by atoms with Gasteiger partial charge in [-0.2, -0.15) is 0 Å². The van der Waals surface area contributed by atoms with Crippen molar-refractivity contribution in [3.8, 4) is 5.75 Å². The molecule has 4 nitrogen and oxygen atoms in total. The molecule has 112 valence electrons. The maximum absolute atomic E-state index is 5.31. The lowest BCUT2D eigenvalue weighted by Gasteiger charge is -2.19. The Hall–Kier alpha value is -1.46. The molecule has 0 saturated carbocycles. The first-order valence-corrected chi connectivity index (χ1v) is 7.85. The van der Waals surface area contributed by atoms with Crippen molar-refractivity contribution in [1.29, 1.82) is 0 Å². The van der Waals surface area contributed by atoms with Crippen LogP contribution in [0.4, 0.5) is 0 Å². The minimum atomic E-state index is 0.163. The second-order valence-electron chi connectivity index (χ2n) is 4.80. The molecule has 1 aromatic heterocycles. The van der Waals surface area contributed by atoms with Gasteiger partial charge in [0.05, 0.1) is 18.8 Å². The van der Waals surface area contributed by atoms with E-state index in [1.165, 1.54) is 5.56 Å². The fourth-order valence-electron chi connectivity index (χ4n) is 2.16. The monoisotopic (exact) mass is 349 g/mol. The Balaban J connectivity index is 2.22. The third-order valence-electron chi connectivity index (χ3n) is 3.28. The summed E-state index contributed by atoms with van der Waals surface area (Å²) in [5.41, 5.74) is 2.20. The number of benzene rings is 1. The standard InChI is InChI=1S/C16H20BrN3O/c1-3-7-19-16(15-6-8-18-11-20-15)10-12-9-13(21-2)4-5-14(12)17/h4-6,8-9,11,16,19H,3,7,10H2,1-2H3. The number of aromatic nitrogens is 2. The molecule has 0 spiro atoms. The summed E-state index contributed by atoms with van der Waals surface area (Å²) in [5, 5.41) is 3.55. The van der Waals surface area contributed by atoms with Crippen molar-refractivity contribution in [2.24, 2.45) is 0 Å². The molecule has 1 unspecified atom stereocenters. The molecule has 0 saturated heterocycles. The van der Waals surface area contributed by atoms with E-state index in [4.69, 9.17) is 4.74 Å². The van der Waals surface area contributed by atoms with E-state index in [1.807, 2.05) is 18.2 Å². The van der Waals surface area contributed by atoms with E-state index in [9.17, 15) is 0 Å². The van der Waals surface area contributed by atoms with Gasteiger partial charge in [-0.25, -0.2) is 9.97 Å². The summed E-state index contributed by atoms with van der Waals surface area (Å²) in [7, 11) is 1.68. The molecule has 0 aliphatic heterocycles.